The smallest absolute Gasteiger partial charge is 0.231 e. The fourth-order valence-electron chi connectivity index (χ4n) is 4.97. The number of benzene rings is 2. The minimum atomic E-state index is -0.428. The summed E-state index contributed by atoms with van der Waals surface area (Å²) in [5.41, 5.74) is 3.19. The van der Waals surface area contributed by atoms with Gasteiger partial charge in [-0.15, -0.1) is 10.2 Å². The first-order valence-corrected chi connectivity index (χ1v) is 14.2. The Kier molecular flexibility index (Phi) is 8.68. The predicted octanol–water partition coefficient (Wildman–Crippen LogP) is 4.58. The summed E-state index contributed by atoms with van der Waals surface area (Å²) in [6, 6.07) is 16.4. The Bertz CT molecular complexity index is 1240. The lowest BCUT2D eigenvalue weighted by Gasteiger charge is -2.31. The molecule has 3 heterocycles. The molecule has 0 bridgehead atoms. The zero-order valence-corrected chi connectivity index (χ0v) is 23.0. The van der Waals surface area contributed by atoms with Crippen LogP contribution in [0.1, 0.15) is 35.4 Å². The van der Waals surface area contributed by atoms with E-state index in [1.54, 1.807) is 4.90 Å². The molecule has 0 radical (unpaired) electrons. The van der Waals surface area contributed by atoms with E-state index in [9.17, 15) is 9.59 Å². The van der Waals surface area contributed by atoms with E-state index in [1.165, 1.54) is 22.5 Å². The van der Waals surface area contributed by atoms with E-state index in [0.717, 1.165) is 56.1 Å². The molecule has 8 nitrogen and oxygen atoms in total. The quantitative estimate of drug-likeness (QED) is 0.417. The van der Waals surface area contributed by atoms with Gasteiger partial charge < -0.3 is 15.0 Å². The van der Waals surface area contributed by atoms with Crippen molar-refractivity contribution < 1.29 is 14.3 Å². The molecule has 1 atom stereocenters. The number of carbonyl (C=O) groups is 2. The molecule has 3 aromatic rings. The Balaban J connectivity index is 1.12. The van der Waals surface area contributed by atoms with Crippen molar-refractivity contribution in [2.45, 2.75) is 44.7 Å². The van der Waals surface area contributed by atoms with Crippen LogP contribution in [0.2, 0.25) is 5.02 Å². The second-order valence-corrected chi connectivity index (χ2v) is 11.4. The number of rotatable bonds is 9. The minimum Gasteiger partial charge on any atom is -0.381 e. The fraction of sp³-hybridized carbons (Fsp3) is 0.429. The average Bonchev–Trinajstić information content (AvgIpc) is 3.55. The third kappa shape index (κ3) is 6.77. The Morgan fingerprint density at radius 3 is 2.53 bits per heavy atom. The monoisotopic (exact) mass is 553 g/mol. The lowest BCUT2D eigenvalue weighted by atomic mass is 10.1. The van der Waals surface area contributed by atoms with Crippen LogP contribution in [0.15, 0.2) is 48.5 Å². The number of anilines is 2. The standard InChI is InChI=1S/C28H32ClN5O3S/c1-33(23-12-14-37-15-13-23)17-20-4-9-24(10-5-20)34-18-21(16-26(34)35)27(36)30-28-32-31-25(38-28)11-6-19-2-7-22(29)8-3-19/h2-5,7-10,21,23H,6,11-18H2,1H3,(H,30,32,36). The summed E-state index contributed by atoms with van der Waals surface area (Å²) in [5.74, 6) is -0.669. The number of carbonyl (C=O) groups excluding carboxylic acids is 2. The van der Waals surface area contributed by atoms with Crippen molar-refractivity contribution >= 4 is 45.6 Å². The molecule has 0 saturated carbocycles. The predicted molar refractivity (Wildman–Crippen MR) is 150 cm³/mol. The Morgan fingerprint density at radius 2 is 1.79 bits per heavy atom. The molecule has 0 spiro atoms. The Morgan fingerprint density at radius 1 is 1.08 bits per heavy atom. The van der Waals surface area contributed by atoms with Gasteiger partial charge in [0.2, 0.25) is 16.9 Å². The van der Waals surface area contributed by atoms with E-state index in [2.05, 4.69) is 39.6 Å². The number of aryl methyl sites for hydroxylation is 2. The van der Waals surface area contributed by atoms with Crippen molar-refractivity contribution in [2.24, 2.45) is 5.92 Å². The topological polar surface area (TPSA) is 87.7 Å². The highest BCUT2D eigenvalue weighted by atomic mass is 35.5. The maximum Gasteiger partial charge on any atom is 0.231 e. The molecular formula is C28H32ClN5O3S. The zero-order valence-electron chi connectivity index (χ0n) is 21.4. The second kappa shape index (κ2) is 12.3. The molecule has 2 aromatic carbocycles. The maximum absolute atomic E-state index is 12.9. The number of hydrogen-bond donors (Lipinski definition) is 1. The van der Waals surface area contributed by atoms with Crippen LogP contribution in [0.3, 0.4) is 0 Å². The van der Waals surface area contributed by atoms with Gasteiger partial charge in [-0.25, -0.2) is 0 Å². The first-order valence-electron chi connectivity index (χ1n) is 13.0. The van der Waals surface area contributed by atoms with E-state index >= 15 is 0 Å². The molecule has 38 heavy (non-hydrogen) atoms. The van der Waals surface area contributed by atoms with Gasteiger partial charge in [0.25, 0.3) is 0 Å². The highest BCUT2D eigenvalue weighted by molar-refractivity contribution is 7.15. The van der Waals surface area contributed by atoms with E-state index in [4.69, 9.17) is 16.3 Å². The molecule has 1 N–H and O–H groups in total. The highest BCUT2D eigenvalue weighted by Gasteiger charge is 2.35. The molecule has 1 unspecified atom stereocenters. The summed E-state index contributed by atoms with van der Waals surface area (Å²) in [6.45, 7) is 2.86. The van der Waals surface area contributed by atoms with Crippen molar-refractivity contribution in [3.8, 4) is 0 Å². The molecule has 1 aromatic heterocycles. The van der Waals surface area contributed by atoms with Crippen LogP contribution in [0.25, 0.3) is 0 Å². The molecular weight excluding hydrogens is 522 g/mol. The number of halogens is 1. The van der Waals surface area contributed by atoms with Crippen LogP contribution in [0.4, 0.5) is 10.8 Å². The van der Waals surface area contributed by atoms with Gasteiger partial charge in [0.05, 0.1) is 5.92 Å². The number of amides is 2. The SMILES string of the molecule is CN(Cc1ccc(N2CC(C(=O)Nc3nnc(CCc4ccc(Cl)cc4)s3)CC2=O)cc1)C1CCOCC1. The number of ether oxygens (including phenoxy) is 1. The Labute approximate surface area is 232 Å². The van der Waals surface area contributed by atoms with Gasteiger partial charge in [-0.3, -0.25) is 14.5 Å². The summed E-state index contributed by atoms with van der Waals surface area (Å²) >= 11 is 7.31. The summed E-state index contributed by atoms with van der Waals surface area (Å²) < 4.78 is 5.47. The summed E-state index contributed by atoms with van der Waals surface area (Å²) in [6.07, 6.45) is 3.84. The van der Waals surface area contributed by atoms with E-state index in [-0.39, 0.29) is 18.2 Å². The zero-order chi connectivity index (χ0) is 26.5. The molecule has 2 aliphatic heterocycles. The van der Waals surface area contributed by atoms with Gasteiger partial charge in [-0.2, -0.15) is 0 Å². The van der Waals surface area contributed by atoms with Crippen molar-refractivity contribution in [3.63, 3.8) is 0 Å². The molecule has 10 heteroatoms. The lowest BCUT2D eigenvalue weighted by molar-refractivity contribution is -0.122. The van der Waals surface area contributed by atoms with Gasteiger partial charge in [-0.05, 0) is 61.7 Å². The molecule has 2 fully saturated rings. The van der Waals surface area contributed by atoms with Crippen molar-refractivity contribution in [3.05, 3.63) is 69.7 Å². The first-order chi connectivity index (χ1) is 18.4. The summed E-state index contributed by atoms with van der Waals surface area (Å²) in [5, 5.41) is 13.2. The van der Waals surface area contributed by atoms with Crippen molar-refractivity contribution in [2.75, 3.05) is 37.0 Å². The molecule has 0 aliphatic carbocycles. The van der Waals surface area contributed by atoms with Crippen LogP contribution in [0.5, 0.6) is 0 Å². The number of aromatic nitrogens is 2. The molecule has 200 valence electrons. The van der Waals surface area contributed by atoms with Gasteiger partial charge in [0.1, 0.15) is 5.01 Å². The van der Waals surface area contributed by atoms with Crippen molar-refractivity contribution in [1.82, 2.24) is 15.1 Å². The van der Waals surface area contributed by atoms with Gasteiger partial charge in [0, 0.05) is 55.9 Å². The average molecular weight is 554 g/mol. The largest absolute Gasteiger partial charge is 0.381 e. The van der Waals surface area contributed by atoms with Crippen LogP contribution in [0, 0.1) is 5.92 Å². The first kappa shape index (κ1) is 26.7. The van der Waals surface area contributed by atoms with Crippen LogP contribution >= 0.6 is 22.9 Å². The number of nitrogens with zero attached hydrogens (tertiary/aromatic N) is 4. The fourth-order valence-corrected chi connectivity index (χ4v) is 5.84. The number of hydrogen-bond acceptors (Lipinski definition) is 7. The molecule has 2 aliphatic rings. The maximum atomic E-state index is 12.9. The van der Waals surface area contributed by atoms with Crippen molar-refractivity contribution in [1.29, 1.82) is 0 Å². The molecule has 5 rings (SSSR count). The highest BCUT2D eigenvalue weighted by Crippen LogP contribution is 2.28. The van der Waals surface area contributed by atoms with Crippen LogP contribution in [-0.4, -0.2) is 59.8 Å². The second-order valence-electron chi connectivity index (χ2n) is 9.95. The minimum absolute atomic E-state index is 0.0434. The molecule has 2 saturated heterocycles. The lowest BCUT2D eigenvalue weighted by Crippen LogP contribution is -2.36. The van der Waals surface area contributed by atoms with Crippen LogP contribution in [-0.2, 0) is 33.7 Å². The third-order valence-electron chi connectivity index (χ3n) is 7.23. The van der Waals surface area contributed by atoms with Gasteiger partial charge in [0.15, 0.2) is 0 Å². The third-order valence-corrected chi connectivity index (χ3v) is 8.38. The summed E-state index contributed by atoms with van der Waals surface area (Å²) in [4.78, 5) is 29.7. The van der Waals surface area contributed by atoms with E-state index < -0.39 is 5.92 Å². The van der Waals surface area contributed by atoms with Gasteiger partial charge in [-0.1, -0.05) is 47.2 Å². The van der Waals surface area contributed by atoms with E-state index in [1.807, 2.05) is 36.4 Å². The Hall–Kier alpha value is -2.85. The number of nitrogens with one attached hydrogen (secondary N) is 1. The van der Waals surface area contributed by atoms with Gasteiger partial charge >= 0.3 is 0 Å². The normalized spacial score (nSPS) is 18.3. The summed E-state index contributed by atoms with van der Waals surface area (Å²) in [7, 11) is 2.15. The van der Waals surface area contributed by atoms with Crippen LogP contribution < -0.4 is 10.2 Å². The molecule has 2 amide bonds. The van der Waals surface area contributed by atoms with E-state index in [0.29, 0.717) is 22.7 Å².